The van der Waals surface area contributed by atoms with Crippen LogP contribution in [0.2, 0.25) is 0 Å². The Morgan fingerprint density at radius 2 is 1.55 bits per heavy atom. The molecule has 20 heavy (non-hydrogen) atoms. The van der Waals surface area contributed by atoms with E-state index in [9.17, 15) is 4.79 Å². The predicted molar refractivity (Wildman–Crippen MR) is 87.9 cm³/mol. The van der Waals surface area contributed by atoms with E-state index in [-0.39, 0.29) is 0 Å². The summed E-state index contributed by atoms with van der Waals surface area (Å²) in [6, 6.07) is 6.54. The summed E-state index contributed by atoms with van der Waals surface area (Å²) in [5, 5.41) is -0.445. The van der Waals surface area contributed by atoms with E-state index in [0.717, 1.165) is 5.57 Å². The number of hydrogen-bond donors (Lipinski definition) is 0. The van der Waals surface area contributed by atoms with E-state index >= 15 is 0 Å². The molecule has 0 spiro atoms. The smallest absolute Gasteiger partial charge is 0.245 e. The zero-order chi connectivity index (χ0) is 15.3. The second-order valence-corrected chi connectivity index (χ2v) is 5.58. The van der Waals surface area contributed by atoms with Crippen LogP contribution >= 0.6 is 11.6 Å². The summed E-state index contributed by atoms with van der Waals surface area (Å²) in [6.45, 7) is 10.2. The first-order valence-electron chi connectivity index (χ1n) is 6.61. The predicted octanol–water partition coefficient (Wildman–Crippen LogP) is 5.36. The minimum absolute atomic E-state index is 0.445. The van der Waals surface area contributed by atoms with Gasteiger partial charge in [-0.2, -0.15) is 0 Å². The molecule has 106 valence electrons. The third-order valence-electron chi connectivity index (χ3n) is 3.18. The largest absolute Gasteiger partial charge is 0.276 e. The van der Waals surface area contributed by atoms with Crippen LogP contribution in [0.3, 0.4) is 0 Å². The highest BCUT2D eigenvalue weighted by Gasteiger charge is 2.01. The van der Waals surface area contributed by atoms with Crippen molar-refractivity contribution in [2.24, 2.45) is 0 Å². The first-order chi connectivity index (χ1) is 9.29. The molecule has 0 amide bonds. The van der Waals surface area contributed by atoms with E-state index in [2.05, 4.69) is 45.9 Å². The number of aryl methyl sites for hydroxylation is 2. The van der Waals surface area contributed by atoms with E-state index < -0.39 is 5.24 Å². The molecule has 1 aromatic carbocycles. The summed E-state index contributed by atoms with van der Waals surface area (Å²) in [4.78, 5) is 10.8. The Morgan fingerprint density at radius 1 is 1.00 bits per heavy atom. The maximum absolute atomic E-state index is 10.8. The molecule has 0 aromatic heterocycles. The lowest BCUT2D eigenvalue weighted by atomic mass is 9.98. The van der Waals surface area contributed by atoms with Gasteiger partial charge in [-0.15, -0.1) is 0 Å². The van der Waals surface area contributed by atoms with Crippen LogP contribution in [-0.4, -0.2) is 5.24 Å². The van der Waals surface area contributed by atoms with Crippen LogP contribution in [0, 0.1) is 13.8 Å². The molecule has 0 N–H and O–H groups in total. The summed E-state index contributed by atoms with van der Waals surface area (Å²) in [5.74, 6) is 0. The van der Waals surface area contributed by atoms with Crippen molar-refractivity contribution < 1.29 is 4.79 Å². The number of allylic oxidation sites excluding steroid dienone is 6. The summed E-state index contributed by atoms with van der Waals surface area (Å²) in [6.07, 6.45) is 5.33. The molecule has 0 fully saturated rings. The fourth-order valence-corrected chi connectivity index (χ4v) is 2.20. The van der Waals surface area contributed by atoms with E-state index in [1.807, 2.05) is 19.1 Å². The highest BCUT2D eigenvalue weighted by molar-refractivity contribution is 6.66. The van der Waals surface area contributed by atoms with Gasteiger partial charge in [-0.05, 0) is 68.5 Å². The van der Waals surface area contributed by atoms with Gasteiger partial charge in [-0.25, -0.2) is 0 Å². The van der Waals surface area contributed by atoms with Crippen molar-refractivity contribution >= 4 is 22.4 Å². The molecule has 1 aromatic rings. The van der Waals surface area contributed by atoms with Gasteiger partial charge in [0, 0.05) is 6.08 Å². The Kier molecular flexibility index (Phi) is 5.97. The van der Waals surface area contributed by atoms with Crippen molar-refractivity contribution in [3.8, 4) is 0 Å². The molecule has 2 heteroatoms. The number of carbonyl (C=O) groups is 1. The monoisotopic (exact) mass is 288 g/mol. The van der Waals surface area contributed by atoms with Crippen molar-refractivity contribution in [1.82, 2.24) is 0 Å². The van der Waals surface area contributed by atoms with E-state index in [1.165, 1.54) is 33.9 Å². The fraction of sp³-hybridized carbons (Fsp3) is 0.278. The minimum atomic E-state index is -0.445. The first-order valence-corrected chi connectivity index (χ1v) is 6.99. The lowest BCUT2D eigenvalue weighted by Crippen LogP contribution is -1.87. The third-order valence-corrected chi connectivity index (χ3v) is 3.29. The molecule has 0 saturated carbocycles. The van der Waals surface area contributed by atoms with Crippen LogP contribution in [-0.2, 0) is 4.79 Å². The molecule has 1 rings (SSSR count). The summed E-state index contributed by atoms with van der Waals surface area (Å²) < 4.78 is 0. The van der Waals surface area contributed by atoms with Gasteiger partial charge in [-0.1, -0.05) is 41.5 Å². The van der Waals surface area contributed by atoms with Crippen LogP contribution in [0.1, 0.15) is 37.5 Å². The van der Waals surface area contributed by atoms with Crippen LogP contribution in [0.15, 0.2) is 47.6 Å². The van der Waals surface area contributed by atoms with Gasteiger partial charge in [0.05, 0.1) is 0 Å². The number of rotatable bonds is 4. The van der Waals surface area contributed by atoms with Gasteiger partial charge in [0.1, 0.15) is 0 Å². The number of benzene rings is 1. The summed E-state index contributed by atoms with van der Waals surface area (Å²) in [5.41, 5.74) is 7.01. The Balaban J connectivity index is 3.06. The zero-order valence-electron chi connectivity index (χ0n) is 12.8. The van der Waals surface area contributed by atoms with Crippen LogP contribution in [0.4, 0.5) is 0 Å². The Bertz CT molecular complexity index is 584. The summed E-state index contributed by atoms with van der Waals surface area (Å²) >= 11 is 5.32. The molecule has 1 nitrogen and oxygen atoms in total. The second-order valence-electron chi connectivity index (χ2n) is 5.21. The standard InChI is InChI=1S/C18H21ClO/c1-12(11-18(19)20)6-7-15(4)16(5)17-9-13(2)8-14(3)10-17/h6-11H,1-5H3/b7-6+,12-11+,16-15-. The molecule has 0 bridgehead atoms. The normalized spacial score (nSPS) is 13.6. The van der Waals surface area contributed by atoms with Crippen molar-refractivity contribution in [2.75, 3.05) is 0 Å². The molecule has 0 aliphatic heterocycles. The molecule has 0 radical (unpaired) electrons. The number of hydrogen-bond acceptors (Lipinski definition) is 1. The molecule has 0 saturated heterocycles. The van der Waals surface area contributed by atoms with Crippen LogP contribution in [0.25, 0.3) is 5.57 Å². The van der Waals surface area contributed by atoms with Crippen LogP contribution < -0.4 is 0 Å². The maximum atomic E-state index is 10.8. The summed E-state index contributed by atoms with van der Waals surface area (Å²) in [7, 11) is 0. The van der Waals surface area contributed by atoms with E-state index in [4.69, 9.17) is 11.6 Å². The molecule has 0 unspecified atom stereocenters. The van der Waals surface area contributed by atoms with Gasteiger partial charge >= 0.3 is 0 Å². The molecule has 0 heterocycles. The molecule has 0 aliphatic carbocycles. The van der Waals surface area contributed by atoms with Crippen molar-refractivity contribution in [2.45, 2.75) is 34.6 Å². The molecular weight excluding hydrogens is 268 g/mol. The van der Waals surface area contributed by atoms with Gasteiger partial charge in [0.15, 0.2) is 0 Å². The van der Waals surface area contributed by atoms with Crippen molar-refractivity contribution in [1.29, 1.82) is 0 Å². The minimum Gasteiger partial charge on any atom is -0.276 e. The molecule has 0 atom stereocenters. The molecule has 0 aliphatic rings. The van der Waals surface area contributed by atoms with Crippen molar-refractivity contribution in [3.05, 3.63) is 64.3 Å². The van der Waals surface area contributed by atoms with Gasteiger partial charge < -0.3 is 0 Å². The highest BCUT2D eigenvalue weighted by Crippen LogP contribution is 2.21. The Morgan fingerprint density at radius 3 is 2.05 bits per heavy atom. The first kappa shape index (κ1) is 16.5. The molecular formula is C18H21ClO. The van der Waals surface area contributed by atoms with Crippen LogP contribution in [0.5, 0.6) is 0 Å². The second kappa shape index (κ2) is 7.25. The highest BCUT2D eigenvalue weighted by atomic mass is 35.5. The Hall–Kier alpha value is -1.60. The topological polar surface area (TPSA) is 17.1 Å². The average Bonchev–Trinajstić information content (AvgIpc) is 2.33. The Labute approximate surface area is 126 Å². The number of halogens is 1. The van der Waals surface area contributed by atoms with Gasteiger partial charge in [0.2, 0.25) is 5.24 Å². The fourth-order valence-electron chi connectivity index (χ4n) is 2.03. The van der Waals surface area contributed by atoms with Crippen molar-refractivity contribution in [3.63, 3.8) is 0 Å². The van der Waals surface area contributed by atoms with E-state index in [1.54, 1.807) is 0 Å². The SMILES string of the molecule is CC(/C=C/C(C)=C/C(=O)Cl)=C(\C)c1cc(C)cc(C)c1. The average molecular weight is 289 g/mol. The van der Waals surface area contributed by atoms with Gasteiger partial charge in [0.25, 0.3) is 0 Å². The zero-order valence-corrected chi connectivity index (χ0v) is 13.5. The maximum Gasteiger partial charge on any atom is 0.245 e. The van der Waals surface area contributed by atoms with E-state index in [0.29, 0.717) is 0 Å². The lowest BCUT2D eigenvalue weighted by Gasteiger charge is -2.08. The third kappa shape index (κ3) is 5.18. The lowest BCUT2D eigenvalue weighted by molar-refractivity contribution is -0.107. The van der Waals surface area contributed by atoms with Gasteiger partial charge in [-0.3, -0.25) is 4.79 Å². The number of carbonyl (C=O) groups excluding carboxylic acids is 1. The quantitative estimate of drug-likeness (QED) is 0.414.